The molecule has 1 heterocycles. The summed E-state index contributed by atoms with van der Waals surface area (Å²) in [5, 5.41) is 5.91. The standard InChI is InChI=1S/C21H18ClN3O3/c1-13-7-8-19(28-2)17(11-13)25-21(27)18-12-14(9-10-23-18)20(26)24-16-6-4-3-5-15(16)22/h3-12H,1-2H3,(H,24,26)(H,25,27). The summed E-state index contributed by atoms with van der Waals surface area (Å²) >= 11 is 6.07. The van der Waals surface area contributed by atoms with Crippen molar-refractivity contribution >= 4 is 34.8 Å². The molecule has 2 aromatic carbocycles. The van der Waals surface area contributed by atoms with Crippen molar-refractivity contribution in [3.05, 3.63) is 82.6 Å². The third-order valence-corrected chi connectivity index (χ3v) is 4.31. The number of anilines is 2. The number of rotatable bonds is 5. The van der Waals surface area contributed by atoms with Crippen LogP contribution in [-0.4, -0.2) is 23.9 Å². The normalized spacial score (nSPS) is 10.2. The number of benzene rings is 2. The number of hydrogen-bond donors (Lipinski definition) is 2. The van der Waals surface area contributed by atoms with E-state index in [9.17, 15) is 9.59 Å². The minimum atomic E-state index is -0.448. The summed E-state index contributed by atoms with van der Waals surface area (Å²) in [4.78, 5) is 29.2. The fourth-order valence-electron chi connectivity index (χ4n) is 2.56. The third kappa shape index (κ3) is 4.47. The van der Waals surface area contributed by atoms with Crippen LogP contribution < -0.4 is 15.4 Å². The molecule has 2 amide bonds. The summed E-state index contributed by atoms with van der Waals surface area (Å²) in [6.45, 7) is 1.91. The van der Waals surface area contributed by atoms with E-state index in [1.54, 1.807) is 36.4 Å². The van der Waals surface area contributed by atoms with Gasteiger partial charge in [-0.25, -0.2) is 0 Å². The van der Waals surface area contributed by atoms with Gasteiger partial charge in [-0.1, -0.05) is 29.8 Å². The lowest BCUT2D eigenvalue weighted by Crippen LogP contribution is -2.17. The van der Waals surface area contributed by atoms with Crippen LogP contribution in [-0.2, 0) is 0 Å². The summed E-state index contributed by atoms with van der Waals surface area (Å²) < 4.78 is 5.26. The fourth-order valence-corrected chi connectivity index (χ4v) is 2.74. The number of para-hydroxylation sites is 1. The lowest BCUT2D eigenvalue weighted by molar-refractivity contribution is 0.102. The number of methoxy groups -OCH3 is 1. The van der Waals surface area contributed by atoms with Crippen molar-refractivity contribution in [3.63, 3.8) is 0 Å². The lowest BCUT2D eigenvalue weighted by Gasteiger charge is -2.11. The first-order valence-corrected chi connectivity index (χ1v) is 8.83. The molecule has 0 spiro atoms. The maximum absolute atomic E-state index is 12.6. The minimum absolute atomic E-state index is 0.107. The van der Waals surface area contributed by atoms with Crippen LogP contribution >= 0.6 is 11.6 Å². The Hall–Kier alpha value is -3.38. The van der Waals surface area contributed by atoms with Gasteiger partial charge < -0.3 is 15.4 Å². The highest BCUT2D eigenvalue weighted by atomic mass is 35.5. The molecule has 0 unspecified atom stereocenters. The summed E-state index contributed by atoms with van der Waals surface area (Å²) in [6.07, 6.45) is 1.41. The number of carbonyl (C=O) groups is 2. The van der Waals surface area contributed by atoms with Crippen molar-refractivity contribution in [1.82, 2.24) is 4.98 Å². The van der Waals surface area contributed by atoms with Gasteiger partial charge in [0.2, 0.25) is 0 Å². The smallest absolute Gasteiger partial charge is 0.274 e. The highest BCUT2D eigenvalue weighted by Crippen LogP contribution is 2.26. The number of carbonyl (C=O) groups excluding carboxylic acids is 2. The average molecular weight is 396 g/mol. The Balaban J connectivity index is 1.79. The van der Waals surface area contributed by atoms with Gasteiger partial charge in [0.15, 0.2) is 0 Å². The Bertz CT molecular complexity index is 1040. The number of halogens is 1. The molecule has 0 saturated carbocycles. The molecule has 3 rings (SSSR count). The second-order valence-electron chi connectivity index (χ2n) is 6.02. The minimum Gasteiger partial charge on any atom is -0.495 e. The van der Waals surface area contributed by atoms with Gasteiger partial charge in [0.05, 0.1) is 23.5 Å². The molecule has 142 valence electrons. The number of pyridine rings is 1. The van der Waals surface area contributed by atoms with Crippen LogP contribution in [0.15, 0.2) is 60.8 Å². The summed E-state index contributed by atoms with van der Waals surface area (Å²) in [5.41, 5.74) is 2.38. The van der Waals surface area contributed by atoms with Gasteiger partial charge >= 0.3 is 0 Å². The second-order valence-corrected chi connectivity index (χ2v) is 6.43. The van der Waals surface area contributed by atoms with Gasteiger partial charge in [-0.3, -0.25) is 14.6 Å². The Labute approximate surface area is 167 Å². The van der Waals surface area contributed by atoms with Gasteiger partial charge in [0, 0.05) is 11.8 Å². The first kappa shape index (κ1) is 19.4. The van der Waals surface area contributed by atoms with Crippen molar-refractivity contribution in [2.24, 2.45) is 0 Å². The molecule has 0 fully saturated rings. The van der Waals surface area contributed by atoms with Gasteiger partial charge in [0.1, 0.15) is 11.4 Å². The van der Waals surface area contributed by atoms with Crippen molar-refractivity contribution in [3.8, 4) is 5.75 Å². The first-order chi connectivity index (χ1) is 13.5. The molecule has 0 bridgehead atoms. The van der Waals surface area contributed by atoms with Crippen molar-refractivity contribution in [1.29, 1.82) is 0 Å². The number of nitrogens with one attached hydrogen (secondary N) is 2. The van der Waals surface area contributed by atoms with E-state index in [-0.39, 0.29) is 11.3 Å². The molecule has 0 saturated heterocycles. The van der Waals surface area contributed by atoms with E-state index in [4.69, 9.17) is 16.3 Å². The quantitative estimate of drug-likeness (QED) is 0.663. The second kappa shape index (κ2) is 8.54. The summed E-state index contributed by atoms with van der Waals surface area (Å²) in [6, 6.07) is 15.3. The molecule has 28 heavy (non-hydrogen) atoms. The molecule has 0 atom stereocenters. The van der Waals surface area contributed by atoms with E-state index in [0.29, 0.717) is 22.1 Å². The van der Waals surface area contributed by atoms with Gasteiger partial charge in [-0.05, 0) is 48.9 Å². The van der Waals surface area contributed by atoms with Crippen LogP contribution in [0, 0.1) is 6.92 Å². The lowest BCUT2D eigenvalue weighted by atomic mass is 10.1. The number of nitrogens with zero attached hydrogens (tertiary/aromatic N) is 1. The maximum atomic E-state index is 12.6. The highest BCUT2D eigenvalue weighted by Gasteiger charge is 2.15. The van der Waals surface area contributed by atoms with Crippen molar-refractivity contribution in [2.75, 3.05) is 17.7 Å². The van der Waals surface area contributed by atoms with Crippen LogP contribution in [0.1, 0.15) is 26.4 Å². The molecular formula is C21H18ClN3O3. The third-order valence-electron chi connectivity index (χ3n) is 3.98. The zero-order valence-electron chi connectivity index (χ0n) is 15.3. The molecule has 2 N–H and O–H groups in total. The van der Waals surface area contributed by atoms with E-state index in [0.717, 1.165) is 5.56 Å². The first-order valence-electron chi connectivity index (χ1n) is 8.46. The van der Waals surface area contributed by atoms with Gasteiger partial charge in [-0.2, -0.15) is 0 Å². The average Bonchev–Trinajstić information content (AvgIpc) is 2.70. The molecule has 6 nitrogen and oxygen atoms in total. The number of aromatic nitrogens is 1. The number of aryl methyl sites for hydroxylation is 1. The predicted molar refractivity (Wildman–Crippen MR) is 109 cm³/mol. The molecule has 3 aromatic rings. The van der Waals surface area contributed by atoms with Crippen molar-refractivity contribution in [2.45, 2.75) is 6.92 Å². The van der Waals surface area contributed by atoms with E-state index < -0.39 is 11.8 Å². The number of amides is 2. The fraction of sp³-hybridized carbons (Fsp3) is 0.0952. The van der Waals surface area contributed by atoms with E-state index in [1.807, 2.05) is 13.0 Å². The molecule has 0 aliphatic rings. The van der Waals surface area contributed by atoms with Gasteiger partial charge in [0.25, 0.3) is 11.8 Å². The maximum Gasteiger partial charge on any atom is 0.274 e. The summed E-state index contributed by atoms with van der Waals surface area (Å²) in [7, 11) is 1.53. The Morgan fingerprint density at radius 3 is 2.46 bits per heavy atom. The van der Waals surface area contributed by atoms with E-state index in [1.165, 1.54) is 25.4 Å². The molecule has 1 aromatic heterocycles. The van der Waals surface area contributed by atoms with E-state index in [2.05, 4.69) is 15.6 Å². The van der Waals surface area contributed by atoms with Crippen LogP contribution in [0.2, 0.25) is 5.02 Å². The molecule has 0 radical (unpaired) electrons. The molecule has 7 heteroatoms. The molecule has 0 aliphatic heterocycles. The molecular weight excluding hydrogens is 378 g/mol. The topological polar surface area (TPSA) is 80.3 Å². The van der Waals surface area contributed by atoms with E-state index >= 15 is 0 Å². The predicted octanol–water partition coefficient (Wildman–Crippen LogP) is 4.56. The van der Waals surface area contributed by atoms with Crippen LogP contribution in [0.25, 0.3) is 0 Å². The molecule has 0 aliphatic carbocycles. The Kier molecular flexibility index (Phi) is 5.91. The van der Waals surface area contributed by atoms with Crippen LogP contribution in [0.4, 0.5) is 11.4 Å². The zero-order chi connectivity index (χ0) is 20.1. The van der Waals surface area contributed by atoms with Gasteiger partial charge in [-0.15, -0.1) is 0 Å². The van der Waals surface area contributed by atoms with Crippen LogP contribution in [0.5, 0.6) is 5.75 Å². The monoisotopic (exact) mass is 395 g/mol. The Morgan fingerprint density at radius 1 is 0.964 bits per heavy atom. The zero-order valence-corrected chi connectivity index (χ0v) is 16.1. The highest BCUT2D eigenvalue weighted by molar-refractivity contribution is 6.33. The summed E-state index contributed by atoms with van der Waals surface area (Å²) in [5.74, 6) is -0.305. The number of hydrogen-bond acceptors (Lipinski definition) is 4. The van der Waals surface area contributed by atoms with Crippen LogP contribution in [0.3, 0.4) is 0 Å². The number of ether oxygens (including phenoxy) is 1. The van der Waals surface area contributed by atoms with Crippen molar-refractivity contribution < 1.29 is 14.3 Å². The largest absolute Gasteiger partial charge is 0.495 e. The Morgan fingerprint density at radius 2 is 1.71 bits per heavy atom. The SMILES string of the molecule is COc1ccc(C)cc1NC(=O)c1cc(C(=O)Nc2ccccc2Cl)ccn1.